The van der Waals surface area contributed by atoms with Crippen LogP contribution in [-0.2, 0) is 19.7 Å². The van der Waals surface area contributed by atoms with Gasteiger partial charge >= 0.3 is 5.97 Å². The third-order valence-electron chi connectivity index (χ3n) is 3.40. The number of ether oxygens (including phenoxy) is 1. The molecule has 1 aliphatic heterocycles. The lowest BCUT2D eigenvalue weighted by Crippen LogP contribution is -2.54. The van der Waals surface area contributed by atoms with Crippen LogP contribution in [0.3, 0.4) is 0 Å². The van der Waals surface area contributed by atoms with Gasteiger partial charge in [0.1, 0.15) is 6.04 Å². The zero-order valence-electron chi connectivity index (χ0n) is 12.1. The SMILES string of the molecule is CCOC(=O)C1CCCCN1S(=O)(=O)N(C)C(C)C. The average Bonchev–Trinajstić information content (AvgIpc) is 2.38. The van der Waals surface area contributed by atoms with Crippen molar-refractivity contribution in [3.8, 4) is 0 Å². The summed E-state index contributed by atoms with van der Waals surface area (Å²) >= 11 is 0. The molecule has 0 N–H and O–H groups in total. The van der Waals surface area contributed by atoms with E-state index in [0.29, 0.717) is 13.0 Å². The van der Waals surface area contributed by atoms with Crippen LogP contribution in [0.5, 0.6) is 0 Å². The summed E-state index contributed by atoms with van der Waals surface area (Å²) in [6, 6.07) is -0.824. The maximum absolute atomic E-state index is 12.5. The van der Waals surface area contributed by atoms with Gasteiger partial charge in [-0.3, -0.25) is 4.79 Å². The molecular formula is C12H24N2O4S. The highest BCUT2D eigenvalue weighted by Gasteiger charge is 2.40. The largest absolute Gasteiger partial charge is 0.465 e. The Morgan fingerprint density at radius 2 is 2.05 bits per heavy atom. The summed E-state index contributed by atoms with van der Waals surface area (Å²) in [6.45, 7) is 5.98. The summed E-state index contributed by atoms with van der Waals surface area (Å²) in [5.74, 6) is -0.442. The van der Waals surface area contributed by atoms with Gasteiger partial charge in [-0.05, 0) is 40.0 Å². The van der Waals surface area contributed by atoms with Crippen LogP contribution < -0.4 is 0 Å². The highest BCUT2D eigenvalue weighted by Crippen LogP contribution is 2.24. The lowest BCUT2D eigenvalue weighted by atomic mass is 10.1. The Kier molecular flexibility index (Phi) is 5.76. The van der Waals surface area contributed by atoms with Crippen molar-refractivity contribution >= 4 is 16.2 Å². The molecule has 0 aliphatic carbocycles. The van der Waals surface area contributed by atoms with Gasteiger partial charge in [-0.1, -0.05) is 0 Å². The van der Waals surface area contributed by atoms with Crippen molar-refractivity contribution < 1.29 is 17.9 Å². The first kappa shape index (κ1) is 16.4. The van der Waals surface area contributed by atoms with E-state index in [1.54, 1.807) is 20.8 Å². The Labute approximate surface area is 115 Å². The lowest BCUT2D eigenvalue weighted by molar-refractivity contribution is -0.148. The van der Waals surface area contributed by atoms with E-state index in [0.717, 1.165) is 12.8 Å². The maximum atomic E-state index is 12.5. The molecule has 1 atom stereocenters. The molecule has 112 valence electrons. The molecule has 0 aromatic rings. The molecule has 1 fully saturated rings. The molecule has 19 heavy (non-hydrogen) atoms. The number of rotatable bonds is 5. The summed E-state index contributed by atoms with van der Waals surface area (Å²) in [5, 5.41) is 0. The average molecular weight is 292 g/mol. The number of piperidine rings is 1. The lowest BCUT2D eigenvalue weighted by Gasteiger charge is -2.36. The van der Waals surface area contributed by atoms with E-state index in [4.69, 9.17) is 4.74 Å². The van der Waals surface area contributed by atoms with Gasteiger partial charge in [-0.2, -0.15) is 17.0 Å². The van der Waals surface area contributed by atoms with Crippen LogP contribution >= 0.6 is 0 Å². The first-order chi connectivity index (χ1) is 8.82. The summed E-state index contributed by atoms with van der Waals surface area (Å²) in [5.41, 5.74) is 0. The van der Waals surface area contributed by atoms with Gasteiger partial charge in [0.2, 0.25) is 0 Å². The monoisotopic (exact) mass is 292 g/mol. The van der Waals surface area contributed by atoms with Gasteiger partial charge in [0, 0.05) is 19.6 Å². The summed E-state index contributed by atoms with van der Waals surface area (Å²) in [6.07, 6.45) is 2.16. The molecule has 0 spiro atoms. The van der Waals surface area contributed by atoms with Crippen LogP contribution in [0.2, 0.25) is 0 Å². The first-order valence-corrected chi connectivity index (χ1v) is 8.13. The number of carbonyl (C=O) groups excluding carboxylic acids is 1. The molecule has 0 saturated carbocycles. The second kappa shape index (κ2) is 6.67. The minimum Gasteiger partial charge on any atom is -0.465 e. The number of carbonyl (C=O) groups is 1. The van der Waals surface area contributed by atoms with E-state index in [2.05, 4.69) is 0 Å². The van der Waals surface area contributed by atoms with E-state index >= 15 is 0 Å². The van der Waals surface area contributed by atoms with Crippen molar-refractivity contribution in [2.75, 3.05) is 20.2 Å². The topological polar surface area (TPSA) is 66.9 Å². The van der Waals surface area contributed by atoms with Gasteiger partial charge in [0.05, 0.1) is 6.61 Å². The van der Waals surface area contributed by atoms with Crippen LogP contribution in [0.4, 0.5) is 0 Å². The molecule has 0 radical (unpaired) electrons. The molecule has 1 rings (SSSR count). The van der Waals surface area contributed by atoms with Crippen molar-refractivity contribution in [1.29, 1.82) is 0 Å². The van der Waals surface area contributed by atoms with Crippen molar-refractivity contribution in [2.24, 2.45) is 0 Å². The Hall–Kier alpha value is -0.660. The normalized spacial score (nSPS) is 21.9. The molecule has 1 heterocycles. The highest BCUT2D eigenvalue weighted by molar-refractivity contribution is 7.86. The zero-order valence-corrected chi connectivity index (χ0v) is 12.9. The summed E-state index contributed by atoms with van der Waals surface area (Å²) in [4.78, 5) is 11.9. The standard InChI is InChI=1S/C12H24N2O4S/c1-5-18-12(15)11-8-6-7-9-14(11)19(16,17)13(4)10(2)3/h10-11H,5-9H2,1-4H3. The van der Waals surface area contributed by atoms with Gasteiger partial charge in [-0.15, -0.1) is 0 Å². The van der Waals surface area contributed by atoms with Crippen molar-refractivity contribution in [1.82, 2.24) is 8.61 Å². The van der Waals surface area contributed by atoms with Crippen molar-refractivity contribution in [3.63, 3.8) is 0 Å². The predicted octanol–water partition coefficient (Wildman–Crippen LogP) is 0.989. The number of nitrogens with zero attached hydrogens (tertiary/aromatic N) is 2. The summed E-state index contributed by atoms with van der Waals surface area (Å²) < 4.78 is 32.5. The van der Waals surface area contributed by atoms with E-state index < -0.39 is 22.2 Å². The fourth-order valence-electron chi connectivity index (χ4n) is 2.09. The van der Waals surface area contributed by atoms with Crippen LogP contribution in [0.25, 0.3) is 0 Å². The molecule has 1 aliphatic rings. The van der Waals surface area contributed by atoms with Crippen LogP contribution in [-0.4, -0.2) is 55.3 Å². The van der Waals surface area contributed by atoms with Crippen LogP contribution in [0, 0.1) is 0 Å². The smallest absolute Gasteiger partial charge is 0.324 e. The summed E-state index contributed by atoms with van der Waals surface area (Å²) in [7, 11) is -2.07. The van der Waals surface area contributed by atoms with Gasteiger partial charge in [0.15, 0.2) is 0 Å². The van der Waals surface area contributed by atoms with E-state index in [-0.39, 0.29) is 12.6 Å². The van der Waals surface area contributed by atoms with Crippen molar-refractivity contribution in [2.45, 2.75) is 52.1 Å². The fraction of sp³-hybridized carbons (Fsp3) is 0.917. The molecule has 6 nitrogen and oxygen atoms in total. The minimum atomic E-state index is -3.61. The fourth-order valence-corrected chi connectivity index (χ4v) is 3.82. The molecule has 1 unspecified atom stereocenters. The Bertz CT molecular complexity index is 408. The predicted molar refractivity (Wildman–Crippen MR) is 72.8 cm³/mol. The maximum Gasteiger partial charge on any atom is 0.324 e. The third kappa shape index (κ3) is 3.67. The molecule has 0 bridgehead atoms. The second-order valence-corrected chi connectivity index (χ2v) is 6.93. The van der Waals surface area contributed by atoms with Gasteiger partial charge < -0.3 is 4.74 Å². The van der Waals surface area contributed by atoms with E-state index in [1.807, 2.05) is 0 Å². The first-order valence-electron chi connectivity index (χ1n) is 6.73. The van der Waals surface area contributed by atoms with Crippen molar-refractivity contribution in [3.05, 3.63) is 0 Å². The van der Waals surface area contributed by atoms with E-state index in [1.165, 1.54) is 15.7 Å². The molecule has 0 aromatic heterocycles. The van der Waals surface area contributed by atoms with E-state index in [9.17, 15) is 13.2 Å². The van der Waals surface area contributed by atoms with Crippen LogP contribution in [0.15, 0.2) is 0 Å². The Morgan fingerprint density at radius 1 is 1.42 bits per heavy atom. The molecule has 1 saturated heterocycles. The quantitative estimate of drug-likeness (QED) is 0.709. The Balaban J connectivity index is 2.96. The number of hydrogen-bond acceptors (Lipinski definition) is 4. The number of hydrogen-bond donors (Lipinski definition) is 0. The minimum absolute atomic E-state index is 0.144. The molecule has 0 aromatic carbocycles. The molecule has 0 amide bonds. The van der Waals surface area contributed by atoms with Gasteiger partial charge in [-0.25, -0.2) is 0 Å². The third-order valence-corrected chi connectivity index (χ3v) is 5.58. The molecule has 7 heteroatoms. The highest BCUT2D eigenvalue weighted by atomic mass is 32.2. The zero-order chi connectivity index (χ0) is 14.6. The number of esters is 1. The molecular weight excluding hydrogens is 268 g/mol. The second-order valence-electron chi connectivity index (χ2n) is 4.99. The Morgan fingerprint density at radius 3 is 2.58 bits per heavy atom. The van der Waals surface area contributed by atoms with Crippen LogP contribution in [0.1, 0.15) is 40.0 Å². The van der Waals surface area contributed by atoms with Gasteiger partial charge in [0.25, 0.3) is 10.2 Å².